The second kappa shape index (κ2) is 7.16. The molecule has 7 heteroatoms. The van der Waals surface area contributed by atoms with Gasteiger partial charge in [-0.2, -0.15) is 13.2 Å². The predicted octanol–water partition coefficient (Wildman–Crippen LogP) is 3.81. The lowest BCUT2D eigenvalue weighted by molar-refractivity contribution is -0.139. The van der Waals surface area contributed by atoms with Crippen LogP contribution in [0.5, 0.6) is 0 Å². The van der Waals surface area contributed by atoms with E-state index in [0.717, 1.165) is 6.07 Å². The second-order valence-electron chi connectivity index (χ2n) is 5.14. The molecule has 0 aliphatic carbocycles. The highest BCUT2D eigenvalue weighted by atomic mass is 19.4. The highest BCUT2D eigenvalue weighted by Gasteiger charge is 2.33. The van der Waals surface area contributed by atoms with Gasteiger partial charge < -0.3 is 10.4 Å². The summed E-state index contributed by atoms with van der Waals surface area (Å²) in [5.74, 6) is -1.99. The highest BCUT2D eigenvalue weighted by Crippen LogP contribution is 2.29. The Hall–Kier alpha value is -2.83. The van der Waals surface area contributed by atoms with E-state index in [1.165, 1.54) is 30.3 Å². The van der Waals surface area contributed by atoms with Gasteiger partial charge in [0.05, 0.1) is 18.0 Å². The number of hydrogen-bond donors (Lipinski definition) is 2. The van der Waals surface area contributed by atoms with Gasteiger partial charge >= 0.3 is 12.1 Å². The molecule has 2 rings (SSSR count). The number of amides is 1. The van der Waals surface area contributed by atoms with Crippen molar-refractivity contribution < 1.29 is 27.9 Å². The summed E-state index contributed by atoms with van der Waals surface area (Å²) in [6.45, 7) is 0. The lowest BCUT2D eigenvalue weighted by atomic mass is 10.0. The molecule has 0 saturated heterocycles. The molecule has 0 saturated carbocycles. The van der Waals surface area contributed by atoms with Crippen molar-refractivity contribution in [2.24, 2.45) is 0 Å². The molecule has 0 fully saturated rings. The number of halogens is 3. The Morgan fingerprint density at radius 3 is 2.21 bits per heavy atom. The molecule has 0 aliphatic heterocycles. The van der Waals surface area contributed by atoms with Crippen LogP contribution in [0.3, 0.4) is 0 Å². The molecular weight excluding hydrogens is 323 g/mol. The van der Waals surface area contributed by atoms with Crippen LogP contribution in [0.15, 0.2) is 54.6 Å². The molecule has 2 aromatic carbocycles. The van der Waals surface area contributed by atoms with Gasteiger partial charge in [-0.05, 0) is 23.8 Å². The monoisotopic (exact) mass is 337 g/mol. The Morgan fingerprint density at radius 2 is 1.62 bits per heavy atom. The van der Waals surface area contributed by atoms with Crippen molar-refractivity contribution in [2.75, 3.05) is 0 Å². The summed E-state index contributed by atoms with van der Waals surface area (Å²) in [4.78, 5) is 23.1. The fourth-order valence-electron chi connectivity index (χ4n) is 2.20. The van der Waals surface area contributed by atoms with Crippen LogP contribution in [0.1, 0.15) is 38.7 Å². The summed E-state index contributed by atoms with van der Waals surface area (Å²) in [6, 6.07) is 11.7. The number of rotatable bonds is 5. The molecule has 1 amide bonds. The largest absolute Gasteiger partial charge is 0.478 e. The van der Waals surface area contributed by atoms with Crippen molar-refractivity contribution in [3.63, 3.8) is 0 Å². The van der Waals surface area contributed by atoms with E-state index in [1.807, 2.05) is 0 Å². The number of benzene rings is 2. The van der Waals surface area contributed by atoms with E-state index in [0.29, 0.717) is 5.56 Å². The maximum absolute atomic E-state index is 12.8. The van der Waals surface area contributed by atoms with Gasteiger partial charge in [0.2, 0.25) is 0 Å². The second-order valence-corrected chi connectivity index (χ2v) is 5.14. The minimum atomic E-state index is -4.46. The summed E-state index contributed by atoms with van der Waals surface area (Å²) in [6.07, 6.45) is -5.68. The van der Waals surface area contributed by atoms with Crippen LogP contribution >= 0.6 is 0 Å². The van der Waals surface area contributed by atoms with Crippen LogP contribution in [-0.4, -0.2) is 23.2 Å². The summed E-state index contributed by atoms with van der Waals surface area (Å²) in [5.41, 5.74) is 0.185. The summed E-state index contributed by atoms with van der Waals surface area (Å²) < 4.78 is 38.4. The maximum Gasteiger partial charge on any atom is 0.391 e. The normalized spacial score (nSPS) is 12.5. The third-order valence-corrected chi connectivity index (χ3v) is 3.31. The van der Waals surface area contributed by atoms with E-state index < -0.39 is 30.5 Å². The lowest BCUT2D eigenvalue weighted by Gasteiger charge is -2.21. The molecule has 1 unspecified atom stereocenters. The molecule has 2 N–H and O–H groups in total. The SMILES string of the molecule is O=C(O)c1cccc(C(=O)NC(CC(F)(F)F)c2ccccc2)c1. The van der Waals surface area contributed by atoms with Crippen molar-refractivity contribution in [1.82, 2.24) is 5.32 Å². The van der Waals surface area contributed by atoms with Crippen LogP contribution < -0.4 is 5.32 Å². The predicted molar refractivity (Wildman–Crippen MR) is 80.7 cm³/mol. The zero-order valence-corrected chi connectivity index (χ0v) is 12.4. The van der Waals surface area contributed by atoms with Crippen molar-refractivity contribution in [3.8, 4) is 0 Å². The van der Waals surface area contributed by atoms with E-state index in [9.17, 15) is 22.8 Å². The Morgan fingerprint density at radius 1 is 1.00 bits per heavy atom. The maximum atomic E-state index is 12.8. The zero-order chi connectivity index (χ0) is 17.7. The number of aromatic carboxylic acids is 1. The molecule has 0 spiro atoms. The molecule has 0 bridgehead atoms. The quantitative estimate of drug-likeness (QED) is 0.872. The molecule has 1 atom stereocenters. The average molecular weight is 337 g/mol. The smallest absolute Gasteiger partial charge is 0.391 e. The van der Waals surface area contributed by atoms with E-state index >= 15 is 0 Å². The Balaban J connectivity index is 2.24. The van der Waals surface area contributed by atoms with Gasteiger partial charge in [0, 0.05) is 5.56 Å². The van der Waals surface area contributed by atoms with E-state index in [4.69, 9.17) is 5.11 Å². The average Bonchev–Trinajstić information content (AvgIpc) is 2.54. The van der Waals surface area contributed by atoms with Gasteiger partial charge in [0.15, 0.2) is 0 Å². The Labute approximate surface area is 135 Å². The van der Waals surface area contributed by atoms with Gasteiger partial charge in [-0.1, -0.05) is 36.4 Å². The third-order valence-electron chi connectivity index (χ3n) is 3.31. The standard InChI is InChI=1S/C17H14F3NO3/c18-17(19,20)10-14(11-5-2-1-3-6-11)21-15(22)12-7-4-8-13(9-12)16(23)24/h1-9,14H,10H2,(H,21,22)(H,23,24). The molecule has 0 aromatic heterocycles. The number of nitrogens with one attached hydrogen (secondary N) is 1. The summed E-state index contributed by atoms with van der Waals surface area (Å²) in [7, 11) is 0. The number of carbonyl (C=O) groups excluding carboxylic acids is 1. The van der Waals surface area contributed by atoms with Crippen molar-refractivity contribution >= 4 is 11.9 Å². The summed E-state index contributed by atoms with van der Waals surface area (Å²) in [5, 5.41) is 11.2. The van der Waals surface area contributed by atoms with Gasteiger partial charge in [0.25, 0.3) is 5.91 Å². The van der Waals surface area contributed by atoms with Crippen LogP contribution in [0, 0.1) is 0 Å². The first kappa shape index (κ1) is 17.5. The summed E-state index contributed by atoms with van der Waals surface area (Å²) >= 11 is 0. The van der Waals surface area contributed by atoms with Crippen LogP contribution in [-0.2, 0) is 0 Å². The number of carboxylic acid groups (broad SMARTS) is 1. The first-order valence-corrected chi connectivity index (χ1v) is 7.02. The fourth-order valence-corrected chi connectivity index (χ4v) is 2.20. The van der Waals surface area contributed by atoms with Crippen LogP contribution in [0.2, 0.25) is 0 Å². The molecule has 4 nitrogen and oxygen atoms in total. The fraction of sp³-hybridized carbons (Fsp3) is 0.176. The lowest BCUT2D eigenvalue weighted by Crippen LogP contribution is -2.32. The third kappa shape index (κ3) is 4.84. The van der Waals surface area contributed by atoms with Gasteiger partial charge in [0.1, 0.15) is 0 Å². The Kier molecular flexibility index (Phi) is 5.23. The van der Waals surface area contributed by atoms with E-state index in [2.05, 4.69) is 5.32 Å². The molecule has 0 heterocycles. The van der Waals surface area contributed by atoms with E-state index in [-0.39, 0.29) is 11.1 Å². The minimum absolute atomic E-state index is 0.0157. The topological polar surface area (TPSA) is 66.4 Å². The molecule has 126 valence electrons. The molecular formula is C17H14F3NO3. The minimum Gasteiger partial charge on any atom is -0.478 e. The van der Waals surface area contributed by atoms with Gasteiger partial charge in [-0.3, -0.25) is 4.79 Å². The van der Waals surface area contributed by atoms with Crippen LogP contribution in [0.25, 0.3) is 0 Å². The molecule has 2 aromatic rings. The number of hydrogen-bond acceptors (Lipinski definition) is 2. The van der Waals surface area contributed by atoms with Crippen molar-refractivity contribution in [2.45, 2.75) is 18.6 Å². The first-order valence-electron chi connectivity index (χ1n) is 7.02. The zero-order valence-electron chi connectivity index (χ0n) is 12.4. The van der Waals surface area contributed by atoms with Crippen LogP contribution in [0.4, 0.5) is 13.2 Å². The number of carbonyl (C=O) groups is 2. The van der Waals surface area contributed by atoms with Gasteiger partial charge in [-0.25, -0.2) is 4.79 Å². The molecule has 24 heavy (non-hydrogen) atoms. The van der Waals surface area contributed by atoms with Gasteiger partial charge in [-0.15, -0.1) is 0 Å². The molecule has 0 radical (unpaired) electrons. The van der Waals surface area contributed by atoms with Crippen molar-refractivity contribution in [1.29, 1.82) is 0 Å². The highest BCUT2D eigenvalue weighted by molar-refractivity contribution is 5.97. The first-order chi connectivity index (χ1) is 11.3. The van der Waals surface area contributed by atoms with Crippen molar-refractivity contribution in [3.05, 3.63) is 71.3 Å². The molecule has 0 aliphatic rings. The number of alkyl halides is 3. The number of carboxylic acids is 1. The Bertz CT molecular complexity index is 729. The van der Waals surface area contributed by atoms with E-state index in [1.54, 1.807) is 18.2 Å².